The van der Waals surface area contributed by atoms with Gasteiger partial charge in [0, 0.05) is 6.42 Å². The lowest BCUT2D eigenvalue weighted by Gasteiger charge is -2.10. The second-order valence-electron chi connectivity index (χ2n) is 4.16. The number of rotatable bonds is 2. The van der Waals surface area contributed by atoms with Crippen LogP contribution in [0, 0.1) is 0 Å². The highest BCUT2D eigenvalue weighted by atomic mass is 19.4. The molecule has 2 rings (SSSR count). The van der Waals surface area contributed by atoms with Crippen LogP contribution in [-0.2, 0) is 6.18 Å². The molecule has 1 aromatic carbocycles. The van der Waals surface area contributed by atoms with E-state index in [1.54, 1.807) is 0 Å². The summed E-state index contributed by atoms with van der Waals surface area (Å²) in [5.74, 6) is -5.94. The zero-order valence-electron chi connectivity index (χ0n) is 8.76. The molecule has 18 heavy (non-hydrogen) atoms. The van der Waals surface area contributed by atoms with Gasteiger partial charge >= 0.3 is 12.1 Å². The second kappa shape index (κ2) is 3.66. The smallest absolute Gasteiger partial charge is 0.416 e. The van der Waals surface area contributed by atoms with Crippen molar-refractivity contribution in [2.24, 2.45) is 0 Å². The van der Waals surface area contributed by atoms with E-state index in [1.807, 2.05) is 0 Å². The minimum Gasteiger partial charge on any atom is -0.478 e. The lowest BCUT2D eigenvalue weighted by Crippen LogP contribution is -2.09. The Morgan fingerprint density at radius 2 is 1.83 bits per heavy atom. The third-order valence-electron chi connectivity index (χ3n) is 2.76. The minimum atomic E-state index is -4.76. The van der Waals surface area contributed by atoms with Gasteiger partial charge in [0.25, 0.3) is 5.92 Å². The van der Waals surface area contributed by atoms with Crippen molar-refractivity contribution in [2.75, 3.05) is 0 Å². The first-order valence-corrected chi connectivity index (χ1v) is 4.94. The van der Waals surface area contributed by atoms with Crippen molar-refractivity contribution in [3.8, 4) is 0 Å². The summed E-state index contributed by atoms with van der Waals surface area (Å²) < 4.78 is 63.2. The van der Waals surface area contributed by atoms with E-state index in [0.29, 0.717) is 12.1 Å². The fourth-order valence-corrected chi connectivity index (χ4v) is 1.71. The molecule has 0 radical (unpaired) electrons. The number of alkyl halides is 5. The van der Waals surface area contributed by atoms with Crippen molar-refractivity contribution in [2.45, 2.75) is 24.4 Å². The zero-order valence-corrected chi connectivity index (χ0v) is 8.76. The summed E-state index contributed by atoms with van der Waals surface area (Å²) in [6, 6.07) is 1.88. The third kappa shape index (κ3) is 2.30. The lowest BCUT2D eigenvalue weighted by molar-refractivity contribution is -0.137. The zero-order chi connectivity index (χ0) is 13.7. The molecule has 1 unspecified atom stereocenters. The predicted octanol–water partition coefficient (Wildman–Crippen LogP) is 3.53. The Bertz CT molecular complexity index is 507. The Labute approximate surface area is 98.0 Å². The number of carboxylic acids is 1. The molecule has 98 valence electrons. The normalized spacial score (nSPS) is 21.7. The molecule has 1 saturated carbocycles. The molecule has 0 amide bonds. The quantitative estimate of drug-likeness (QED) is 0.831. The van der Waals surface area contributed by atoms with E-state index in [-0.39, 0.29) is 5.56 Å². The summed E-state index contributed by atoms with van der Waals surface area (Å²) in [4.78, 5) is 10.7. The van der Waals surface area contributed by atoms with E-state index in [9.17, 15) is 26.7 Å². The number of hydrogen-bond donors (Lipinski definition) is 1. The van der Waals surface area contributed by atoms with Crippen molar-refractivity contribution in [3.05, 3.63) is 34.9 Å². The fraction of sp³-hybridized carbons (Fsp3) is 0.364. The van der Waals surface area contributed by atoms with Crippen LogP contribution in [0.2, 0.25) is 0 Å². The van der Waals surface area contributed by atoms with E-state index in [4.69, 9.17) is 5.11 Å². The number of aromatic carboxylic acids is 1. The van der Waals surface area contributed by atoms with E-state index in [2.05, 4.69) is 0 Å². The van der Waals surface area contributed by atoms with Gasteiger partial charge in [0.05, 0.1) is 17.0 Å². The van der Waals surface area contributed by atoms with Crippen LogP contribution in [0.25, 0.3) is 0 Å². The lowest BCUT2D eigenvalue weighted by atomic mass is 10.0. The van der Waals surface area contributed by atoms with E-state index < -0.39 is 41.5 Å². The molecule has 2 nitrogen and oxygen atoms in total. The molecule has 0 aliphatic heterocycles. The van der Waals surface area contributed by atoms with E-state index in [1.165, 1.54) is 0 Å². The second-order valence-corrected chi connectivity index (χ2v) is 4.16. The molecule has 1 aliphatic carbocycles. The molecule has 1 N–H and O–H groups in total. The highest BCUT2D eigenvalue weighted by molar-refractivity contribution is 5.88. The average Bonchev–Trinajstić information content (AvgIpc) is 2.86. The summed E-state index contributed by atoms with van der Waals surface area (Å²) in [6.07, 6.45) is -5.31. The van der Waals surface area contributed by atoms with Crippen LogP contribution in [0.4, 0.5) is 22.0 Å². The maximum atomic E-state index is 12.8. The minimum absolute atomic E-state index is 0.285. The van der Waals surface area contributed by atoms with E-state index in [0.717, 1.165) is 6.07 Å². The van der Waals surface area contributed by atoms with Gasteiger partial charge in [-0.2, -0.15) is 13.2 Å². The summed E-state index contributed by atoms with van der Waals surface area (Å²) >= 11 is 0. The van der Waals surface area contributed by atoms with Crippen LogP contribution in [0.1, 0.15) is 33.8 Å². The summed E-state index contributed by atoms with van der Waals surface area (Å²) in [5, 5.41) is 8.68. The molecular weight excluding hydrogens is 259 g/mol. The van der Waals surface area contributed by atoms with Crippen LogP contribution in [0.3, 0.4) is 0 Å². The number of carbonyl (C=O) groups is 1. The predicted molar refractivity (Wildman–Crippen MR) is 50.7 cm³/mol. The molecule has 0 heterocycles. The number of carboxylic acid groups (broad SMARTS) is 1. The van der Waals surface area contributed by atoms with Gasteiger partial charge < -0.3 is 5.11 Å². The van der Waals surface area contributed by atoms with Crippen LogP contribution in [0.5, 0.6) is 0 Å². The molecule has 1 aliphatic rings. The highest BCUT2D eigenvalue weighted by Gasteiger charge is 2.57. The van der Waals surface area contributed by atoms with Gasteiger partial charge in [0.15, 0.2) is 0 Å². The maximum absolute atomic E-state index is 12.8. The molecule has 1 fully saturated rings. The highest BCUT2D eigenvalue weighted by Crippen LogP contribution is 2.56. The molecule has 0 aromatic heterocycles. The Balaban J connectivity index is 2.48. The average molecular weight is 266 g/mol. The Morgan fingerprint density at radius 3 is 2.22 bits per heavy atom. The van der Waals surface area contributed by atoms with Gasteiger partial charge in [-0.3, -0.25) is 0 Å². The van der Waals surface area contributed by atoms with Gasteiger partial charge in [-0.05, 0) is 23.8 Å². The first kappa shape index (κ1) is 12.8. The number of hydrogen-bond acceptors (Lipinski definition) is 1. The first-order valence-electron chi connectivity index (χ1n) is 4.94. The van der Waals surface area contributed by atoms with Crippen LogP contribution >= 0.6 is 0 Å². The summed E-state index contributed by atoms with van der Waals surface area (Å²) in [5.41, 5.74) is -2.14. The standard InChI is InChI=1S/C11H7F5O2/c12-10(13)4-8(10)5-1-6(9(17)18)3-7(2-5)11(14,15)16/h1-3,8H,4H2,(H,17,18). The van der Waals surface area contributed by atoms with Crippen molar-refractivity contribution < 1.29 is 31.9 Å². The SMILES string of the molecule is O=C(O)c1cc(C2CC2(F)F)cc(C(F)(F)F)c1. The van der Waals surface area contributed by atoms with Gasteiger partial charge in [0.1, 0.15) is 0 Å². The Hall–Kier alpha value is -1.66. The van der Waals surface area contributed by atoms with Gasteiger partial charge in [-0.1, -0.05) is 0 Å². The van der Waals surface area contributed by atoms with Crippen LogP contribution in [0.15, 0.2) is 18.2 Å². The summed E-state index contributed by atoms with van der Waals surface area (Å²) in [6.45, 7) is 0. The monoisotopic (exact) mass is 266 g/mol. The van der Waals surface area contributed by atoms with Gasteiger partial charge in [0.2, 0.25) is 0 Å². The Kier molecular flexibility index (Phi) is 2.60. The molecule has 0 saturated heterocycles. The Morgan fingerprint density at radius 1 is 1.28 bits per heavy atom. The molecule has 1 aromatic rings. The topological polar surface area (TPSA) is 37.3 Å². The van der Waals surface area contributed by atoms with Gasteiger partial charge in [-0.15, -0.1) is 0 Å². The maximum Gasteiger partial charge on any atom is 0.416 e. The van der Waals surface area contributed by atoms with E-state index >= 15 is 0 Å². The molecular formula is C11H7F5O2. The van der Waals surface area contributed by atoms with Crippen molar-refractivity contribution >= 4 is 5.97 Å². The summed E-state index contributed by atoms with van der Waals surface area (Å²) in [7, 11) is 0. The van der Waals surface area contributed by atoms with Crippen LogP contribution < -0.4 is 0 Å². The molecule has 1 atom stereocenters. The number of halogens is 5. The van der Waals surface area contributed by atoms with Crippen molar-refractivity contribution in [1.82, 2.24) is 0 Å². The van der Waals surface area contributed by atoms with Crippen LogP contribution in [-0.4, -0.2) is 17.0 Å². The number of benzene rings is 1. The van der Waals surface area contributed by atoms with Crippen molar-refractivity contribution in [3.63, 3.8) is 0 Å². The largest absolute Gasteiger partial charge is 0.478 e. The first-order chi connectivity index (χ1) is 8.11. The fourth-order valence-electron chi connectivity index (χ4n) is 1.71. The van der Waals surface area contributed by atoms with Gasteiger partial charge in [-0.25, -0.2) is 13.6 Å². The van der Waals surface area contributed by atoms with Crippen molar-refractivity contribution in [1.29, 1.82) is 0 Å². The molecule has 0 bridgehead atoms. The molecule has 0 spiro atoms. The third-order valence-corrected chi connectivity index (χ3v) is 2.76. The molecule has 7 heteroatoms.